The van der Waals surface area contributed by atoms with Gasteiger partial charge in [-0.2, -0.15) is 0 Å². The third-order valence-corrected chi connectivity index (χ3v) is 2.16. The van der Waals surface area contributed by atoms with Crippen LogP contribution in [0.5, 0.6) is 0 Å². The maximum atomic E-state index is 13.0. The van der Waals surface area contributed by atoms with Crippen molar-refractivity contribution in [3.63, 3.8) is 0 Å². The Labute approximate surface area is 89.7 Å². The lowest BCUT2D eigenvalue weighted by atomic mass is 10.2. The lowest BCUT2D eigenvalue weighted by Gasteiger charge is -2.04. The van der Waals surface area contributed by atoms with Gasteiger partial charge in [-0.05, 0) is 6.07 Å². The van der Waals surface area contributed by atoms with Crippen molar-refractivity contribution in [3.05, 3.63) is 35.4 Å². The van der Waals surface area contributed by atoms with Crippen LogP contribution in [0.15, 0.2) is 18.2 Å². The van der Waals surface area contributed by atoms with E-state index in [2.05, 4.69) is 27.9 Å². The van der Waals surface area contributed by atoms with Crippen molar-refractivity contribution in [2.45, 2.75) is 6.54 Å². The minimum absolute atomic E-state index is 0.379. The Hall–Kier alpha value is -0.230. The van der Waals surface area contributed by atoms with E-state index >= 15 is 0 Å². The summed E-state index contributed by atoms with van der Waals surface area (Å²) in [6, 6.07) is 4.22. The number of benzene rings is 1. The van der Waals surface area contributed by atoms with Gasteiger partial charge in [-0.15, -0.1) is 0 Å². The van der Waals surface area contributed by atoms with Gasteiger partial charge >= 0.3 is 0 Å². The Balaban J connectivity index is 2.61. The zero-order valence-corrected chi connectivity index (χ0v) is 9.14. The van der Waals surface area contributed by atoms with Gasteiger partial charge in [0.05, 0.1) is 0 Å². The van der Waals surface area contributed by atoms with E-state index in [9.17, 15) is 8.78 Å². The molecule has 1 N–H and O–H groups in total. The van der Waals surface area contributed by atoms with Crippen LogP contribution in [0.3, 0.4) is 0 Å². The van der Waals surface area contributed by atoms with Gasteiger partial charge in [0.1, 0.15) is 0 Å². The van der Waals surface area contributed by atoms with Crippen LogP contribution in [0.2, 0.25) is 0 Å². The lowest BCUT2D eigenvalue weighted by molar-refractivity contribution is 0.494. The molecule has 1 aromatic carbocycles. The second-order valence-electron chi connectivity index (χ2n) is 2.58. The molecule has 0 atom stereocenters. The summed E-state index contributed by atoms with van der Waals surface area (Å²) in [6.07, 6.45) is 0. The summed E-state index contributed by atoms with van der Waals surface area (Å²) in [7, 11) is 0. The molecule has 72 valence electrons. The van der Waals surface area contributed by atoms with Crippen LogP contribution >= 0.6 is 22.6 Å². The Morgan fingerprint density at radius 1 is 1.31 bits per heavy atom. The first-order valence-electron chi connectivity index (χ1n) is 3.95. The number of rotatable bonds is 4. The molecule has 0 fully saturated rings. The fourth-order valence-electron chi connectivity index (χ4n) is 0.975. The molecule has 0 unspecified atom stereocenters. The molecule has 0 aliphatic rings. The average molecular weight is 297 g/mol. The van der Waals surface area contributed by atoms with Crippen LogP contribution in [0.25, 0.3) is 0 Å². The molecule has 0 saturated carbocycles. The summed E-state index contributed by atoms with van der Waals surface area (Å²) in [4.78, 5) is 0. The maximum Gasteiger partial charge on any atom is 0.163 e. The van der Waals surface area contributed by atoms with Crippen LogP contribution in [0.4, 0.5) is 8.78 Å². The molecule has 0 bridgehead atoms. The fourth-order valence-corrected chi connectivity index (χ4v) is 1.36. The van der Waals surface area contributed by atoms with Crippen molar-refractivity contribution in [2.24, 2.45) is 0 Å². The van der Waals surface area contributed by atoms with Gasteiger partial charge in [-0.3, -0.25) is 0 Å². The zero-order valence-electron chi connectivity index (χ0n) is 6.99. The minimum Gasteiger partial charge on any atom is -0.312 e. The zero-order chi connectivity index (χ0) is 9.68. The molecule has 13 heavy (non-hydrogen) atoms. The second kappa shape index (κ2) is 5.49. The van der Waals surface area contributed by atoms with Crippen LogP contribution in [-0.2, 0) is 6.54 Å². The molecule has 1 nitrogen and oxygen atoms in total. The fraction of sp³-hybridized carbons (Fsp3) is 0.333. The van der Waals surface area contributed by atoms with E-state index in [1.54, 1.807) is 6.07 Å². The summed E-state index contributed by atoms with van der Waals surface area (Å²) < 4.78 is 26.6. The van der Waals surface area contributed by atoms with E-state index in [1.165, 1.54) is 6.07 Å². The number of alkyl halides is 1. The largest absolute Gasteiger partial charge is 0.312 e. The lowest BCUT2D eigenvalue weighted by Crippen LogP contribution is -2.16. The molecule has 0 aromatic heterocycles. The number of halogens is 3. The number of hydrogen-bond acceptors (Lipinski definition) is 1. The monoisotopic (exact) mass is 297 g/mol. The molecular weight excluding hydrogens is 287 g/mol. The molecule has 0 saturated heterocycles. The van der Waals surface area contributed by atoms with Gasteiger partial charge in [0.2, 0.25) is 0 Å². The highest BCUT2D eigenvalue weighted by atomic mass is 127. The predicted molar refractivity (Wildman–Crippen MR) is 57.0 cm³/mol. The van der Waals surface area contributed by atoms with Crippen LogP contribution in [0.1, 0.15) is 5.56 Å². The van der Waals surface area contributed by atoms with E-state index in [0.717, 1.165) is 17.0 Å². The molecule has 1 aromatic rings. The van der Waals surface area contributed by atoms with Crippen LogP contribution in [-0.4, -0.2) is 11.0 Å². The quantitative estimate of drug-likeness (QED) is 0.511. The van der Waals surface area contributed by atoms with Gasteiger partial charge in [-0.25, -0.2) is 8.78 Å². The smallest absolute Gasteiger partial charge is 0.163 e. The van der Waals surface area contributed by atoms with Crippen LogP contribution in [0, 0.1) is 11.6 Å². The average Bonchev–Trinajstić information content (AvgIpc) is 2.13. The van der Waals surface area contributed by atoms with Gasteiger partial charge in [0.25, 0.3) is 0 Å². The number of hydrogen-bond donors (Lipinski definition) is 1. The van der Waals surface area contributed by atoms with Crippen molar-refractivity contribution in [1.82, 2.24) is 5.32 Å². The summed E-state index contributed by atoms with van der Waals surface area (Å²) in [6.45, 7) is 1.18. The van der Waals surface area contributed by atoms with Gasteiger partial charge in [0, 0.05) is 23.1 Å². The summed E-state index contributed by atoms with van der Waals surface area (Å²) in [5, 5.41) is 3.01. The van der Waals surface area contributed by atoms with E-state index in [0.29, 0.717) is 12.1 Å². The van der Waals surface area contributed by atoms with E-state index in [4.69, 9.17) is 0 Å². The van der Waals surface area contributed by atoms with E-state index < -0.39 is 11.6 Å². The molecule has 0 aliphatic heterocycles. The predicted octanol–water partition coefficient (Wildman–Crippen LogP) is 2.49. The van der Waals surface area contributed by atoms with Crippen molar-refractivity contribution in [3.8, 4) is 0 Å². The summed E-state index contributed by atoms with van der Waals surface area (Å²) in [5.41, 5.74) is 0.379. The second-order valence-corrected chi connectivity index (χ2v) is 3.66. The van der Waals surface area contributed by atoms with Crippen LogP contribution < -0.4 is 5.32 Å². The first kappa shape index (κ1) is 10.8. The normalized spacial score (nSPS) is 10.4. The molecule has 0 heterocycles. The molecule has 0 amide bonds. The molecule has 0 spiro atoms. The van der Waals surface area contributed by atoms with Crippen molar-refractivity contribution >= 4 is 22.6 Å². The van der Waals surface area contributed by atoms with Crippen molar-refractivity contribution < 1.29 is 8.78 Å². The highest BCUT2D eigenvalue weighted by Crippen LogP contribution is 2.10. The SMILES string of the molecule is Fc1cccc(CNCCI)c1F. The Morgan fingerprint density at radius 3 is 2.77 bits per heavy atom. The maximum absolute atomic E-state index is 13.0. The standard InChI is InChI=1S/C9H10F2IN/c10-8-3-1-2-7(9(8)11)6-13-5-4-12/h1-3,13H,4-6H2. The van der Waals surface area contributed by atoms with Crippen molar-refractivity contribution in [1.29, 1.82) is 0 Å². The van der Waals surface area contributed by atoms with Gasteiger partial charge in [0.15, 0.2) is 11.6 Å². The Kier molecular flexibility index (Phi) is 4.58. The number of nitrogens with one attached hydrogen (secondary N) is 1. The Bertz CT molecular complexity index is 278. The first-order chi connectivity index (χ1) is 6.25. The highest BCUT2D eigenvalue weighted by Gasteiger charge is 2.05. The summed E-state index contributed by atoms with van der Waals surface area (Å²) >= 11 is 2.22. The molecule has 4 heteroatoms. The molecule has 1 rings (SSSR count). The van der Waals surface area contributed by atoms with Gasteiger partial charge in [-0.1, -0.05) is 34.7 Å². The first-order valence-corrected chi connectivity index (χ1v) is 5.48. The third kappa shape index (κ3) is 3.19. The molecular formula is C9H10F2IN. The molecule has 0 aliphatic carbocycles. The van der Waals surface area contributed by atoms with Crippen molar-refractivity contribution in [2.75, 3.05) is 11.0 Å². The highest BCUT2D eigenvalue weighted by molar-refractivity contribution is 14.1. The topological polar surface area (TPSA) is 12.0 Å². The summed E-state index contributed by atoms with van der Waals surface area (Å²) in [5.74, 6) is -1.53. The van der Waals surface area contributed by atoms with E-state index in [-0.39, 0.29) is 0 Å². The molecule has 0 radical (unpaired) electrons. The Morgan fingerprint density at radius 2 is 2.08 bits per heavy atom. The van der Waals surface area contributed by atoms with E-state index in [1.807, 2.05) is 0 Å². The minimum atomic E-state index is -0.784. The third-order valence-electron chi connectivity index (χ3n) is 1.62. The van der Waals surface area contributed by atoms with Gasteiger partial charge < -0.3 is 5.32 Å².